The van der Waals surface area contributed by atoms with Crippen LogP contribution < -0.4 is 16.6 Å². The topological polar surface area (TPSA) is 97.1 Å². The van der Waals surface area contributed by atoms with E-state index in [2.05, 4.69) is 10.3 Å². The summed E-state index contributed by atoms with van der Waals surface area (Å²) in [4.78, 5) is 38.0. The van der Waals surface area contributed by atoms with E-state index in [-0.39, 0.29) is 18.9 Å². The number of hydrogen-bond donors (Lipinski definition) is 2. The summed E-state index contributed by atoms with van der Waals surface area (Å²) in [6.45, 7) is 0.663. The molecule has 0 atom stereocenters. The van der Waals surface area contributed by atoms with Gasteiger partial charge in [-0.1, -0.05) is 12.1 Å². The maximum atomic E-state index is 12.0. The smallest absolute Gasteiger partial charge is 0.328 e. The van der Waals surface area contributed by atoms with Gasteiger partial charge in [0.1, 0.15) is 5.76 Å². The highest BCUT2D eigenvalue weighted by Gasteiger charge is 2.09. The van der Waals surface area contributed by atoms with Gasteiger partial charge in [-0.15, -0.1) is 0 Å². The molecule has 0 fully saturated rings. The van der Waals surface area contributed by atoms with Crippen LogP contribution in [0.2, 0.25) is 0 Å². The predicted octanol–water partition coefficient (Wildman–Crippen LogP) is 1.03. The molecule has 7 heteroatoms. The summed E-state index contributed by atoms with van der Waals surface area (Å²) >= 11 is 0. The Bertz CT molecular complexity index is 954. The van der Waals surface area contributed by atoms with E-state index >= 15 is 0 Å². The monoisotopic (exact) mass is 327 g/mol. The molecule has 1 amide bonds. The Morgan fingerprint density at radius 1 is 1.17 bits per heavy atom. The lowest BCUT2D eigenvalue weighted by molar-refractivity contribution is -0.121. The molecule has 24 heavy (non-hydrogen) atoms. The minimum atomic E-state index is -0.512. The number of nitrogens with one attached hydrogen (secondary N) is 2. The zero-order chi connectivity index (χ0) is 16.9. The third-order valence-corrected chi connectivity index (χ3v) is 3.74. The maximum Gasteiger partial charge on any atom is 0.328 e. The van der Waals surface area contributed by atoms with E-state index in [0.29, 0.717) is 23.9 Å². The first kappa shape index (κ1) is 15.8. The van der Waals surface area contributed by atoms with Gasteiger partial charge in [0.25, 0.3) is 5.56 Å². The van der Waals surface area contributed by atoms with E-state index < -0.39 is 11.2 Å². The number of aromatic amines is 1. The average molecular weight is 327 g/mol. The highest BCUT2D eigenvalue weighted by atomic mass is 16.3. The van der Waals surface area contributed by atoms with Gasteiger partial charge in [0.15, 0.2) is 0 Å². The molecule has 3 aromatic rings. The minimum Gasteiger partial charge on any atom is -0.469 e. The zero-order valence-corrected chi connectivity index (χ0v) is 13.0. The molecule has 2 aromatic heterocycles. The Balaban J connectivity index is 1.64. The molecular formula is C17H17N3O4. The fourth-order valence-corrected chi connectivity index (χ4v) is 2.55. The SMILES string of the molecule is O=C(CCn1c(=O)[nH]c(=O)c2ccccc21)NCCc1ccco1. The van der Waals surface area contributed by atoms with Gasteiger partial charge in [-0.05, 0) is 24.3 Å². The van der Waals surface area contributed by atoms with Gasteiger partial charge in [-0.25, -0.2) is 4.79 Å². The zero-order valence-electron chi connectivity index (χ0n) is 13.0. The maximum absolute atomic E-state index is 12.0. The summed E-state index contributed by atoms with van der Waals surface area (Å²) in [7, 11) is 0. The van der Waals surface area contributed by atoms with E-state index in [9.17, 15) is 14.4 Å². The summed E-state index contributed by atoms with van der Waals surface area (Å²) in [6.07, 6.45) is 2.35. The molecule has 0 saturated heterocycles. The first-order valence-electron chi connectivity index (χ1n) is 7.66. The lowest BCUT2D eigenvalue weighted by Crippen LogP contribution is -2.33. The lowest BCUT2D eigenvalue weighted by Gasteiger charge is -2.09. The van der Waals surface area contributed by atoms with Crippen LogP contribution >= 0.6 is 0 Å². The van der Waals surface area contributed by atoms with Crippen molar-refractivity contribution >= 4 is 16.8 Å². The van der Waals surface area contributed by atoms with Crippen LogP contribution in [0.4, 0.5) is 0 Å². The largest absolute Gasteiger partial charge is 0.469 e. The van der Waals surface area contributed by atoms with Crippen LogP contribution in [0.25, 0.3) is 10.9 Å². The number of amides is 1. The molecule has 3 rings (SSSR count). The predicted molar refractivity (Wildman–Crippen MR) is 88.9 cm³/mol. The number of aromatic nitrogens is 2. The fourth-order valence-electron chi connectivity index (χ4n) is 2.55. The third kappa shape index (κ3) is 3.45. The van der Waals surface area contributed by atoms with Gasteiger partial charge in [0.2, 0.25) is 5.91 Å². The number of fused-ring (bicyclic) bond motifs is 1. The van der Waals surface area contributed by atoms with Crippen molar-refractivity contribution in [3.8, 4) is 0 Å². The second-order valence-corrected chi connectivity index (χ2v) is 5.36. The van der Waals surface area contributed by atoms with Crippen molar-refractivity contribution in [1.29, 1.82) is 0 Å². The normalized spacial score (nSPS) is 10.8. The number of nitrogens with zero attached hydrogens (tertiary/aromatic N) is 1. The fraction of sp³-hybridized carbons (Fsp3) is 0.235. The Morgan fingerprint density at radius 3 is 2.79 bits per heavy atom. The summed E-state index contributed by atoms with van der Waals surface area (Å²) < 4.78 is 6.59. The number of H-pyrrole nitrogens is 1. The van der Waals surface area contributed by atoms with Crippen molar-refractivity contribution in [3.05, 3.63) is 69.3 Å². The molecular weight excluding hydrogens is 310 g/mol. The molecule has 0 radical (unpaired) electrons. The van der Waals surface area contributed by atoms with Crippen molar-refractivity contribution in [3.63, 3.8) is 0 Å². The average Bonchev–Trinajstić information content (AvgIpc) is 3.08. The van der Waals surface area contributed by atoms with E-state index in [4.69, 9.17) is 4.42 Å². The number of rotatable bonds is 6. The van der Waals surface area contributed by atoms with E-state index in [1.54, 1.807) is 36.6 Å². The van der Waals surface area contributed by atoms with Crippen LogP contribution in [0, 0.1) is 0 Å². The molecule has 0 spiro atoms. The quantitative estimate of drug-likeness (QED) is 0.706. The van der Waals surface area contributed by atoms with Crippen molar-refractivity contribution in [2.75, 3.05) is 6.54 Å². The molecule has 0 unspecified atom stereocenters. The number of para-hydroxylation sites is 1. The molecule has 1 aromatic carbocycles. The van der Waals surface area contributed by atoms with Gasteiger partial charge < -0.3 is 9.73 Å². The molecule has 0 aliphatic rings. The third-order valence-electron chi connectivity index (χ3n) is 3.74. The first-order valence-corrected chi connectivity index (χ1v) is 7.66. The van der Waals surface area contributed by atoms with Crippen LogP contribution in [0.3, 0.4) is 0 Å². The lowest BCUT2D eigenvalue weighted by atomic mass is 10.2. The number of carbonyl (C=O) groups excluding carboxylic acids is 1. The molecule has 2 N–H and O–H groups in total. The van der Waals surface area contributed by atoms with Crippen molar-refractivity contribution in [2.24, 2.45) is 0 Å². The number of aryl methyl sites for hydroxylation is 1. The second-order valence-electron chi connectivity index (χ2n) is 5.36. The molecule has 0 bridgehead atoms. The van der Waals surface area contributed by atoms with Crippen LogP contribution in [-0.4, -0.2) is 22.0 Å². The Labute approximate surface area is 136 Å². The summed E-state index contributed by atoms with van der Waals surface area (Å²) in [5, 5.41) is 3.21. The number of furan rings is 1. The molecule has 124 valence electrons. The van der Waals surface area contributed by atoms with E-state index in [1.807, 2.05) is 6.07 Å². The van der Waals surface area contributed by atoms with Gasteiger partial charge in [0.05, 0.1) is 17.2 Å². The van der Waals surface area contributed by atoms with Crippen molar-refractivity contribution in [2.45, 2.75) is 19.4 Å². The number of hydrogen-bond acceptors (Lipinski definition) is 4. The Morgan fingerprint density at radius 2 is 2.00 bits per heavy atom. The van der Waals surface area contributed by atoms with Gasteiger partial charge >= 0.3 is 5.69 Å². The summed E-state index contributed by atoms with van der Waals surface area (Å²) in [6, 6.07) is 10.5. The van der Waals surface area contributed by atoms with Crippen LogP contribution in [-0.2, 0) is 17.8 Å². The first-order chi connectivity index (χ1) is 11.6. The standard InChI is InChI=1S/C17H17N3O4/c21-15(18-9-7-12-4-3-11-24-12)8-10-20-14-6-2-1-5-13(14)16(22)19-17(20)23/h1-6,11H,7-10H2,(H,18,21)(H,19,22,23). The summed E-state index contributed by atoms with van der Waals surface area (Å²) in [5.74, 6) is 0.641. The highest BCUT2D eigenvalue weighted by Crippen LogP contribution is 2.07. The van der Waals surface area contributed by atoms with E-state index in [1.165, 1.54) is 4.57 Å². The van der Waals surface area contributed by atoms with Crippen LogP contribution in [0.5, 0.6) is 0 Å². The van der Waals surface area contributed by atoms with Gasteiger partial charge in [-0.3, -0.25) is 19.1 Å². The number of carbonyl (C=O) groups is 1. The molecule has 2 heterocycles. The summed E-state index contributed by atoms with van der Waals surface area (Å²) in [5.41, 5.74) is -0.411. The molecule has 7 nitrogen and oxygen atoms in total. The Kier molecular flexibility index (Phi) is 4.60. The second kappa shape index (κ2) is 6.99. The number of benzene rings is 1. The van der Waals surface area contributed by atoms with Crippen molar-refractivity contribution in [1.82, 2.24) is 14.9 Å². The Hall–Kier alpha value is -3.09. The van der Waals surface area contributed by atoms with Gasteiger partial charge in [0, 0.05) is 25.9 Å². The van der Waals surface area contributed by atoms with E-state index in [0.717, 1.165) is 5.76 Å². The molecule has 0 aliphatic heterocycles. The highest BCUT2D eigenvalue weighted by molar-refractivity contribution is 5.78. The van der Waals surface area contributed by atoms with Crippen molar-refractivity contribution < 1.29 is 9.21 Å². The van der Waals surface area contributed by atoms with Gasteiger partial charge in [-0.2, -0.15) is 0 Å². The molecule has 0 aliphatic carbocycles. The van der Waals surface area contributed by atoms with Crippen LogP contribution in [0.15, 0.2) is 56.7 Å². The minimum absolute atomic E-state index is 0.147. The molecule has 0 saturated carbocycles. The van der Waals surface area contributed by atoms with Crippen LogP contribution in [0.1, 0.15) is 12.2 Å².